The number of benzene rings is 1. The number of hydrogen-bond acceptors (Lipinski definition) is 3. The topological polar surface area (TPSA) is 34.1 Å². The van der Waals surface area contributed by atoms with Crippen LogP contribution < -0.4 is 10.1 Å². The SMILES string of the molecule is Clc1cnc(Oc2cccc3c2NCCC3)c(Br)c1. The maximum atomic E-state index is 5.88. The summed E-state index contributed by atoms with van der Waals surface area (Å²) in [6, 6.07) is 7.84. The van der Waals surface area contributed by atoms with Gasteiger partial charge in [0.25, 0.3) is 0 Å². The molecule has 1 aliphatic rings. The van der Waals surface area contributed by atoms with Crippen LogP contribution in [0.3, 0.4) is 0 Å². The average molecular weight is 340 g/mol. The number of aryl methyl sites for hydroxylation is 1. The number of pyridine rings is 1. The van der Waals surface area contributed by atoms with E-state index in [1.165, 1.54) is 5.56 Å². The number of hydrogen-bond donors (Lipinski definition) is 1. The van der Waals surface area contributed by atoms with Crippen molar-refractivity contribution >= 4 is 33.2 Å². The Kier molecular flexibility index (Phi) is 3.62. The zero-order valence-electron chi connectivity index (χ0n) is 10.1. The molecule has 0 saturated carbocycles. The molecule has 1 aromatic carbocycles. The van der Waals surface area contributed by atoms with Gasteiger partial charge in [-0.25, -0.2) is 4.98 Å². The number of fused-ring (bicyclic) bond motifs is 1. The van der Waals surface area contributed by atoms with Gasteiger partial charge in [-0.05, 0) is 46.5 Å². The number of aromatic nitrogens is 1. The van der Waals surface area contributed by atoms with Crippen LogP contribution in [0.1, 0.15) is 12.0 Å². The highest BCUT2D eigenvalue weighted by molar-refractivity contribution is 9.10. The van der Waals surface area contributed by atoms with Gasteiger partial charge in [-0.2, -0.15) is 0 Å². The molecule has 98 valence electrons. The van der Waals surface area contributed by atoms with Crippen LogP contribution in [-0.4, -0.2) is 11.5 Å². The summed E-state index contributed by atoms with van der Waals surface area (Å²) >= 11 is 9.28. The fraction of sp³-hybridized carbons (Fsp3) is 0.214. The second-order valence-corrected chi connectivity index (χ2v) is 5.65. The highest BCUT2D eigenvalue weighted by atomic mass is 79.9. The molecule has 1 aromatic heterocycles. The van der Waals surface area contributed by atoms with Crippen molar-refractivity contribution in [3.63, 3.8) is 0 Å². The van der Waals surface area contributed by atoms with Gasteiger partial charge in [0.2, 0.25) is 5.88 Å². The van der Waals surface area contributed by atoms with E-state index in [9.17, 15) is 0 Å². The van der Waals surface area contributed by atoms with Crippen LogP contribution in [0.4, 0.5) is 5.69 Å². The molecule has 0 radical (unpaired) electrons. The molecule has 1 N–H and O–H groups in total. The summed E-state index contributed by atoms with van der Waals surface area (Å²) in [7, 11) is 0. The minimum Gasteiger partial charge on any atom is -0.436 e. The molecule has 3 rings (SSSR count). The second kappa shape index (κ2) is 5.39. The van der Waals surface area contributed by atoms with Gasteiger partial charge in [0.15, 0.2) is 5.75 Å². The Morgan fingerprint density at radius 2 is 2.26 bits per heavy atom. The molecule has 0 spiro atoms. The predicted molar refractivity (Wildman–Crippen MR) is 80.3 cm³/mol. The molecular formula is C14H12BrClN2O. The first-order valence-corrected chi connectivity index (χ1v) is 7.26. The molecule has 0 unspecified atom stereocenters. The molecule has 19 heavy (non-hydrogen) atoms. The van der Waals surface area contributed by atoms with Crippen LogP contribution in [-0.2, 0) is 6.42 Å². The van der Waals surface area contributed by atoms with Gasteiger partial charge in [0.1, 0.15) is 0 Å². The molecule has 2 aromatic rings. The van der Waals surface area contributed by atoms with Crippen molar-refractivity contribution in [3.05, 3.63) is 45.5 Å². The number of rotatable bonds is 2. The fourth-order valence-corrected chi connectivity index (χ4v) is 2.86. The van der Waals surface area contributed by atoms with Gasteiger partial charge in [0.05, 0.1) is 15.2 Å². The standard InChI is InChI=1S/C14H12BrClN2O/c15-11-7-10(16)8-18-14(11)19-12-5-1-3-9-4-2-6-17-13(9)12/h1,3,5,7-8,17H,2,4,6H2. The van der Waals surface area contributed by atoms with E-state index in [1.807, 2.05) is 12.1 Å². The number of para-hydroxylation sites is 1. The van der Waals surface area contributed by atoms with Crippen LogP contribution in [0, 0.1) is 0 Å². The number of nitrogens with zero attached hydrogens (tertiary/aromatic N) is 1. The van der Waals surface area contributed by atoms with Crippen molar-refractivity contribution in [1.82, 2.24) is 4.98 Å². The van der Waals surface area contributed by atoms with Gasteiger partial charge in [0, 0.05) is 12.7 Å². The second-order valence-electron chi connectivity index (χ2n) is 4.36. The molecule has 0 amide bonds. The minimum absolute atomic E-state index is 0.519. The summed E-state index contributed by atoms with van der Waals surface area (Å²) in [5, 5.41) is 3.96. The van der Waals surface area contributed by atoms with E-state index in [0.29, 0.717) is 10.9 Å². The summed E-state index contributed by atoms with van der Waals surface area (Å²) in [6.07, 6.45) is 3.80. The Labute approximate surface area is 125 Å². The summed E-state index contributed by atoms with van der Waals surface area (Å²) in [5.74, 6) is 1.32. The Morgan fingerprint density at radius 1 is 1.37 bits per heavy atom. The van der Waals surface area contributed by atoms with Crippen molar-refractivity contribution in [2.75, 3.05) is 11.9 Å². The smallest absolute Gasteiger partial charge is 0.233 e. The van der Waals surface area contributed by atoms with E-state index in [0.717, 1.165) is 35.3 Å². The van der Waals surface area contributed by atoms with E-state index >= 15 is 0 Å². The van der Waals surface area contributed by atoms with Gasteiger partial charge >= 0.3 is 0 Å². The highest BCUT2D eigenvalue weighted by Crippen LogP contribution is 2.37. The fourth-order valence-electron chi connectivity index (χ4n) is 2.14. The van der Waals surface area contributed by atoms with Crippen molar-refractivity contribution < 1.29 is 4.74 Å². The molecule has 0 atom stereocenters. The quantitative estimate of drug-likeness (QED) is 0.865. The molecule has 5 heteroatoms. The van der Waals surface area contributed by atoms with E-state index in [2.05, 4.69) is 32.3 Å². The van der Waals surface area contributed by atoms with E-state index in [-0.39, 0.29) is 0 Å². The van der Waals surface area contributed by atoms with Crippen molar-refractivity contribution in [2.24, 2.45) is 0 Å². The van der Waals surface area contributed by atoms with Crippen LogP contribution in [0.25, 0.3) is 0 Å². The molecule has 0 fully saturated rings. The summed E-state index contributed by atoms with van der Waals surface area (Å²) in [6.45, 7) is 0.975. The van der Waals surface area contributed by atoms with Crippen LogP contribution in [0.5, 0.6) is 11.6 Å². The summed E-state index contributed by atoms with van der Waals surface area (Å²) < 4.78 is 6.63. The van der Waals surface area contributed by atoms with Gasteiger partial charge in [-0.15, -0.1) is 0 Å². The first-order valence-electron chi connectivity index (χ1n) is 6.09. The van der Waals surface area contributed by atoms with E-state index in [1.54, 1.807) is 12.3 Å². The third-order valence-electron chi connectivity index (χ3n) is 3.02. The third-order valence-corrected chi connectivity index (χ3v) is 3.79. The van der Waals surface area contributed by atoms with Gasteiger partial charge in [-0.3, -0.25) is 0 Å². The first-order chi connectivity index (χ1) is 9.24. The van der Waals surface area contributed by atoms with Crippen molar-refractivity contribution in [1.29, 1.82) is 0 Å². The number of halogens is 2. The van der Waals surface area contributed by atoms with Gasteiger partial charge in [-0.1, -0.05) is 23.7 Å². The first kappa shape index (κ1) is 12.8. The summed E-state index contributed by atoms with van der Waals surface area (Å²) in [5.41, 5.74) is 2.35. The van der Waals surface area contributed by atoms with E-state index < -0.39 is 0 Å². The number of anilines is 1. The highest BCUT2D eigenvalue weighted by Gasteiger charge is 2.15. The zero-order chi connectivity index (χ0) is 13.2. The predicted octanol–water partition coefficient (Wildman–Crippen LogP) is 4.65. The summed E-state index contributed by atoms with van der Waals surface area (Å²) in [4.78, 5) is 4.19. The lowest BCUT2D eigenvalue weighted by Gasteiger charge is -2.20. The van der Waals surface area contributed by atoms with Crippen LogP contribution in [0.2, 0.25) is 5.02 Å². The molecule has 3 nitrogen and oxygen atoms in total. The average Bonchev–Trinajstić information content (AvgIpc) is 2.42. The van der Waals surface area contributed by atoms with Gasteiger partial charge < -0.3 is 10.1 Å². The molecule has 0 saturated heterocycles. The Balaban J connectivity index is 1.95. The third kappa shape index (κ3) is 2.69. The lowest BCUT2D eigenvalue weighted by Crippen LogP contribution is -2.12. The normalized spacial score (nSPS) is 13.6. The monoisotopic (exact) mass is 338 g/mol. The van der Waals surface area contributed by atoms with E-state index in [4.69, 9.17) is 16.3 Å². The van der Waals surface area contributed by atoms with Crippen molar-refractivity contribution in [2.45, 2.75) is 12.8 Å². The Hall–Kier alpha value is -1.26. The Morgan fingerprint density at radius 3 is 3.11 bits per heavy atom. The number of nitrogens with one attached hydrogen (secondary N) is 1. The molecular weight excluding hydrogens is 328 g/mol. The minimum atomic E-state index is 0.519. The molecule has 2 heterocycles. The maximum Gasteiger partial charge on any atom is 0.233 e. The maximum absolute atomic E-state index is 5.88. The van der Waals surface area contributed by atoms with Crippen LogP contribution >= 0.6 is 27.5 Å². The lowest BCUT2D eigenvalue weighted by atomic mass is 10.0. The number of ether oxygens (including phenoxy) is 1. The molecule has 0 bridgehead atoms. The molecule has 0 aliphatic carbocycles. The lowest BCUT2D eigenvalue weighted by molar-refractivity contribution is 0.460. The van der Waals surface area contributed by atoms with Crippen LogP contribution in [0.15, 0.2) is 34.9 Å². The largest absolute Gasteiger partial charge is 0.436 e. The molecule has 1 aliphatic heterocycles. The zero-order valence-corrected chi connectivity index (χ0v) is 12.5. The Bertz CT molecular complexity index is 618. The van der Waals surface area contributed by atoms with Crippen molar-refractivity contribution in [3.8, 4) is 11.6 Å².